The smallest absolute Gasteiger partial charge is 0.0706 e. The Balaban J connectivity index is 1.18. The molecule has 0 aliphatic carbocycles. The summed E-state index contributed by atoms with van der Waals surface area (Å²) in [6, 6.07) is 57.7. The van der Waals surface area contributed by atoms with E-state index in [0.717, 1.165) is 22.7 Å². The molecule has 0 radical (unpaired) electrons. The fraction of sp³-hybridized carbons (Fsp3) is 0.0455. The molecule has 1 aromatic heterocycles. The van der Waals surface area contributed by atoms with E-state index in [9.17, 15) is 0 Å². The second-order valence-corrected chi connectivity index (χ2v) is 13.5. The van der Waals surface area contributed by atoms with Gasteiger partial charge in [0.1, 0.15) is 0 Å². The minimum absolute atomic E-state index is 1.14. The molecule has 7 aromatic carbocycles. The van der Waals surface area contributed by atoms with Crippen LogP contribution in [-0.4, -0.2) is 0 Å². The van der Waals surface area contributed by atoms with Gasteiger partial charge in [-0.15, -0.1) is 11.3 Å². The van der Waals surface area contributed by atoms with Gasteiger partial charge in [0, 0.05) is 31.5 Å². The Hall–Kier alpha value is -5.64. The first-order valence-corrected chi connectivity index (χ1v) is 16.9. The van der Waals surface area contributed by atoms with Gasteiger partial charge in [0.2, 0.25) is 0 Å². The average molecular weight is 621 g/mol. The Labute approximate surface area is 279 Å². The van der Waals surface area contributed by atoms with Gasteiger partial charge in [-0.2, -0.15) is 0 Å². The lowest BCUT2D eigenvalue weighted by atomic mass is 9.99. The van der Waals surface area contributed by atoms with Gasteiger partial charge in [-0.05, 0) is 102 Å². The van der Waals surface area contributed by atoms with Crippen LogP contribution < -0.4 is 9.80 Å². The number of anilines is 6. The van der Waals surface area contributed by atoms with E-state index in [1.165, 1.54) is 64.9 Å². The van der Waals surface area contributed by atoms with Crippen LogP contribution in [-0.2, 0) is 0 Å². The van der Waals surface area contributed by atoms with Crippen LogP contribution in [0.3, 0.4) is 0 Å². The lowest BCUT2D eigenvalue weighted by Crippen LogP contribution is -2.24. The van der Waals surface area contributed by atoms with Crippen LogP contribution in [0.4, 0.5) is 34.1 Å². The van der Waals surface area contributed by atoms with Crippen LogP contribution in [0.2, 0.25) is 0 Å². The molecule has 9 rings (SSSR count). The van der Waals surface area contributed by atoms with E-state index in [1.807, 2.05) is 11.3 Å². The fourth-order valence-corrected chi connectivity index (χ4v) is 8.28. The van der Waals surface area contributed by atoms with Gasteiger partial charge in [0.05, 0.1) is 22.7 Å². The summed E-state index contributed by atoms with van der Waals surface area (Å²) in [6.45, 7) is 4.36. The molecule has 47 heavy (non-hydrogen) atoms. The van der Waals surface area contributed by atoms with Crippen molar-refractivity contribution in [2.75, 3.05) is 9.80 Å². The van der Waals surface area contributed by atoms with Crippen molar-refractivity contribution in [3.8, 4) is 22.3 Å². The molecule has 2 heterocycles. The van der Waals surface area contributed by atoms with Gasteiger partial charge in [0.25, 0.3) is 0 Å². The number of hydrogen-bond acceptors (Lipinski definition) is 3. The highest BCUT2D eigenvalue weighted by molar-refractivity contribution is 7.26. The first-order chi connectivity index (χ1) is 23.1. The normalized spacial score (nSPS) is 12.4. The van der Waals surface area contributed by atoms with Crippen molar-refractivity contribution in [1.29, 1.82) is 0 Å². The molecule has 224 valence electrons. The number of thiophene rings is 1. The summed E-state index contributed by atoms with van der Waals surface area (Å²) >= 11 is 1.88. The third-order valence-electron chi connectivity index (χ3n) is 9.28. The lowest BCUT2D eigenvalue weighted by Gasteiger charge is -2.41. The molecule has 0 fully saturated rings. The maximum Gasteiger partial charge on any atom is 0.0706 e. The highest BCUT2D eigenvalue weighted by Gasteiger charge is 2.31. The van der Waals surface area contributed by atoms with E-state index in [1.54, 1.807) is 0 Å². The van der Waals surface area contributed by atoms with Gasteiger partial charge in [-0.3, -0.25) is 0 Å². The molecule has 8 aromatic rings. The first-order valence-electron chi connectivity index (χ1n) is 16.1. The maximum absolute atomic E-state index is 2.43. The van der Waals surface area contributed by atoms with E-state index in [-0.39, 0.29) is 0 Å². The van der Waals surface area contributed by atoms with Crippen LogP contribution in [0.15, 0.2) is 158 Å². The van der Waals surface area contributed by atoms with Crippen LogP contribution in [0, 0.1) is 13.8 Å². The Bertz CT molecular complexity index is 2390. The summed E-state index contributed by atoms with van der Waals surface area (Å²) in [6.07, 6.45) is 0. The molecule has 0 amide bonds. The molecule has 0 bridgehead atoms. The monoisotopic (exact) mass is 620 g/mol. The van der Waals surface area contributed by atoms with Crippen LogP contribution in [0.5, 0.6) is 0 Å². The molecule has 0 saturated carbocycles. The minimum Gasteiger partial charge on any atom is -0.306 e. The highest BCUT2D eigenvalue weighted by Crippen LogP contribution is 2.55. The summed E-state index contributed by atoms with van der Waals surface area (Å²) in [7, 11) is 0. The molecule has 1 aliphatic heterocycles. The average Bonchev–Trinajstić information content (AvgIpc) is 3.50. The molecule has 0 unspecified atom stereocenters. The van der Waals surface area contributed by atoms with Crippen LogP contribution in [0.1, 0.15) is 11.1 Å². The molecule has 1 aliphatic rings. The van der Waals surface area contributed by atoms with Gasteiger partial charge in [-0.1, -0.05) is 103 Å². The lowest BCUT2D eigenvalue weighted by molar-refractivity contribution is 1.16. The SMILES string of the molecule is Cc1ccc2c(c1)N(c1cccc(-c3ccccc3)c1)c1cc(C)ccc1N2c1ccc(-c2cccc3c2sc2ccccc23)cc1. The largest absolute Gasteiger partial charge is 0.306 e. The summed E-state index contributed by atoms with van der Waals surface area (Å²) in [5.41, 5.74) is 14.4. The molecule has 0 saturated heterocycles. The van der Waals surface area contributed by atoms with Crippen LogP contribution >= 0.6 is 11.3 Å². The van der Waals surface area contributed by atoms with Gasteiger partial charge >= 0.3 is 0 Å². The van der Waals surface area contributed by atoms with Gasteiger partial charge < -0.3 is 9.80 Å². The van der Waals surface area contributed by atoms with E-state index in [4.69, 9.17) is 0 Å². The second kappa shape index (κ2) is 11.0. The number of aryl methyl sites for hydroxylation is 2. The molecule has 0 atom stereocenters. The number of nitrogens with zero attached hydrogens (tertiary/aromatic N) is 2. The van der Waals surface area contributed by atoms with E-state index < -0.39 is 0 Å². The number of fused-ring (bicyclic) bond motifs is 5. The topological polar surface area (TPSA) is 6.48 Å². The zero-order valence-corrected chi connectivity index (χ0v) is 27.1. The van der Waals surface area contributed by atoms with Crippen molar-refractivity contribution >= 4 is 65.6 Å². The molecular formula is C44H32N2S. The fourth-order valence-electron chi connectivity index (χ4n) is 7.04. The molecule has 0 N–H and O–H groups in total. The predicted molar refractivity (Wildman–Crippen MR) is 203 cm³/mol. The van der Waals surface area contributed by atoms with Crippen molar-refractivity contribution in [2.45, 2.75) is 13.8 Å². The zero-order chi connectivity index (χ0) is 31.5. The molecule has 3 heteroatoms. The third-order valence-corrected chi connectivity index (χ3v) is 10.5. The van der Waals surface area contributed by atoms with Crippen LogP contribution in [0.25, 0.3) is 42.4 Å². The standard InChI is InChI=1S/C44H32N2S/c1-29-18-24-39-41(26-29)46(35-13-8-12-33(28-35)31-10-4-3-5-11-31)42-27-30(2)19-25-40(42)45(39)34-22-20-32(21-23-34)36-15-9-16-38-37-14-6-7-17-43(37)47-44(36)38/h3-28H,1-2H3. The Morgan fingerprint density at radius 1 is 0.404 bits per heavy atom. The third kappa shape index (κ3) is 4.62. The predicted octanol–water partition coefficient (Wildman–Crippen LogP) is 13.3. The first kappa shape index (κ1) is 27.7. The summed E-state index contributed by atoms with van der Waals surface area (Å²) in [5, 5.41) is 2.66. The second-order valence-electron chi connectivity index (χ2n) is 12.4. The quantitative estimate of drug-likeness (QED) is 0.193. The van der Waals surface area contributed by atoms with Crippen molar-refractivity contribution in [3.63, 3.8) is 0 Å². The van der Waals surface area contributed by atoms with E-state index in [0.29, 0.717) is 0 Å². The van der Waals surface area contributed by atoms with Crippen molar-refractivity contribution in [2.24, 2.45) is 0 Å². The number of benzene rings is 7. The van der Waals surface area contributed by atoms with Crippen molar-refractivity contribution < 1.29 is 0 Å². The number of rotatable bonds is 4. The molecule has 0 spiro atoms. The Kier molecular flexibility index (Phi) is 6.48. The summed E-state index contributed by atoms with van der Waals surface area (Å²) < 4.78 is 2.67. The summed E-state index contributed by atoms with van der Waals surface area (Å²) in [5.74, 6) is 0. The molecule has 2 nitrogen and oxygen atoms in total. The van der Waals surface area contributed by atoms with Gasteiger partial charge in [-0.25, -0.2) is 0 Å². The highest BCUT2D eigenvalue weighted by atomic mass is 32.1. The number of hydrogen-bond donors (Lipinski definition) is 0. The molecular weight excluding hydrogens is 589 g/mol. The zero-order valence-electron chi connectivity index (χ0n) is 26.3. The Morgan fingerprint density at radius 2 is 1.02 bits per heavy atom. The van der Waals surface area contributed by atoms with E-state index >= 15 is 0 Å². The van der Waals surface area contributed by atoms with Crippen molar-refractivity contribution in [3.05, 3.63) is 169 Å². The Morgan fingerprint density at radius 3 is 1.77 bits per heavy atom. The summed E-state index contributed by atoms with van der Waals surface area (Å²) in [4.78, 5) is 4.86. The van der Waals surface area contributed by atoms with Crippen molar-refractivity contribution in [1.82, 2.24) is 0 Å². The van der Waals surface area contributed by atoms with Gasteiger partial charge in [0.15, 0.2) is 0 Å². The van der Waals surface area contributed by atoms with E-state index in [2.05, 4.69) is 181 Å². The minimum atomic E-state index is 1.14. The maximum atomic E-state index is 2.43.